The number of non-ortho nitro benzene ring substituents is 1. The second-order valence-corrected chi connectivity index (χ2v) is 8.99. The number of likely N-dealkylation sites (tertiary alicyclic amines) is 1. The summed E-state index contributed by atoms with van der Waals surface area (Å²) in [6.07, 6.45) is 12.5. The third kappa shape index (κ3) is 7.15. The molecule has 0 aromatic heterocycles. The molecule has 1 N–H and O–H groups in total. The molecule has 1 aromatic rings. The zero-order chi connectivity index (χ0) is 25.4. The highest BCUT2D eigenvalue weighted by molar-refractivity contribution is 5.91. The van der Waals surface area contributed by atoms with Crippen LogP contribution >= 0.6 is 0 Å². The number of allylic oxidation sites excluding steroid dienone is 1. The summed E-state index contributed by atoms with van der Waals surface area (Å²) in [6.45, 7) is 3.82. The summed E-state index contributed by atoms with van der Waals surface area (Å²) in [5.41, 5.74) is 0.0292. The second kappa shape index (κ2) is 12.2. The molecular formula is C26H31N3O6. The number of hydrogen-bond donors (Lipinski definition) is 1. The molecule has 0 spiro atoms. The fraction of sp³-hybridized carbons (Fsp3) is 0.500. The van der Waals surface area contributed by atoms with Gasteiger partial charge in [-0.1, -0.05) is 18.9 Å². The largest absolute Gasteiger partial charge is 0.457 e. The van der Waals surface area contributed by atoms with E-state index in [0.717, 1.165) is 32.1 Å². The van der Waals surface area contributed by atoms with Crippen molar-refractivity contribution in [2.45, 2.75) is 69.6 Å². The van der Waals surface area contributed by atoms with E-state index < -0.39 is 23.0 Å². The number of nitrogens with zero attached hydrogens (tertiary/aromatic N) is 2. The van der Waals surface area contributed by atoms with Gasteiger partial charge in [0.1, 0.15) is 12.1 Å². The van der Waals surface area contributed by atoms with Crippen LogP contribution in [0.2, 0.25) is 0 Å². The number of nitro groups is 1. The van der Waals surface area contributed by atoms with Gasteiger partial charge in [0.25, 0.3) is 5.69 Å². The van der Waals surface area contributed by atoms with Gasteiger partial charge in [-0.25, -0.2) is 4.79 Å². The first-order valence-corrected chi connectivity index (χ1v) is 12.0. The molecule has 2 amide bonds. The molecule has 1 saturated carbocycles. The van der Waals surface area contributed by atoms with Crippen molar-refractivity contribution in [1.29, 1.82) is 0 Å². The van der Waals surface area contributed by atoms with Gasteiger partial charge < -0.3 is 15.0 Å². The molecule has 2 fully saturated rings. The molecular weight excluding hydrogens is 450 g/mol. The SMILES string of the molecule is C#C[C@@H]1C[C@H]1NC(=O)C1C[C@@H](OC(=O)c2ccc([N+](=O)[O-])cc2)CN1C(=O)CCCCCCC=C. The minimum atomic E-state index is -0.739. The van der Waals surface area contributed by atoms with E-state index in [4.69, 9.17) is 11.2 Å². The van der Waals surface area contributed by atoms with Crippen LogP contribution in [0.4, 0.5) is 5.69 Å². The number of ether oxygens (including phenoxy) is 1. The maximum Gasteiger partial charge on any atom is 0.338 e. The van der Waals surface area contributed by atoms with Gasteiger partial charge in [-0.3, -0.25) is 19.7 Å². The van der Waals surface area contributed by atoms with Crippen molar-refractivity contribution in [1.82, 2.24) is 10.2 Å². The number of terminal acetylenes is 1. The highest BCUT2D eigenvalue weighted by Crippen LogP contribution is 2.30. The van der Waals surface area contributed by atoms with Crippen molar-refractivity contribution in [2.75, 3.05) is 6.54 Å². The molecule has 3 rings (SSSR count). The number of carbonyl (C=O) groups excluding carboxylic acids is 3. The molecule has 9 nitrogen and oxygen atoms in total. The first kappa shape index (κ1) is 25.9. The zero-order valence-corrected chi connectivity index (χ0v) is 19.7. The lowest BCUT2D eigenvalue weighted by Gasteiger charge is -2.23. The smallest absolute Gasteiger partial charge is 0.338 e. The molecule has 4 atom stereocenters. The predicted molar refractivity (Wildman–Crippen MR) is 129 cm³/mol. The Bertz CT molecular complexity index is 999. The highest BCUT2D eigenvalue weighted by Gasteiger charge is 2.44. The lowest BCUT2D eigenvalue weighted by Crippen LogP contribution is -2.46. The van der Waals surface area contributed by atoms with Crippen LogP contribution in [0.15, 0.2) is 36.9 Å². The van der Waals surface area contributed by atoms with Crippen LogP contribution < -0.4 is 5.32 Å². The molecule has 2 aliphatic rings. The van der Waals surface area contributed by atoms with E-state index in [1.807, 2.05) is 6.08 Å². The van der Waals surface area contributed by atoms with Gasteiger partial charge in [-0.05, 0) is 37.8 Å². The average molecular weight is 482 g/mol. The number of hydrogen-bond acceptors (Lipinski definition) is 6. The Labute approximate surface area is 205 Å². The second-order valence-electron chi connectivity index (χ2n) is 8.99. The quantitative estimate of drug-likeness (QED) is 0.122. The normalized spacial score (nSPS) is 22.7. The Morgan fingerprint density at radius 2 is 1.91 bits per heavy atom. The number of benzene rings is 1. The summed E-state index contributed by atoms with van der Waals surface area (Å²) in [6, 6.07) is 4.27. The summed E-state index contributed by atoms with van der Waals surface area (Å²) < 4.78 is 5.57. The zero-order valence-electron chi connectivity index (χ0n) is 19.7. The fourth-order valence-corrected chi connectivity index (χ4v) is 4.23. The van der Waals surface area contributed by atoms with Crippen LogP contribution in [0, 0.1) is 28.4 Å². The van der Waals surface area contributed by atoms with Gasteiger partial charge >= 0.3 is 5.97 Å². The van der Waals surface area contributed by atoms with Gasteiger partial charge in [0.05, 0.1) is 17.0 Å². The highest BCUT2D eigenvalue weighted by atomic mass is 16.6. The minimum absolute atomic E-state index is 0.0100. The van der Waals surface area contributed by atoms with E-state index in [1.54, 1.807) is 0 Å². The Balaban J connectivity index is 1.60. The monoisotopic (exact) mass is 481 g/mol. The van der Waals surface area contributed by atoms with E-state index in [-0.39, 0.29) is 48.0 Å². The van der Waals surface area contributed by atoms with Gasteiger partial charge in [0, 0.05) is 36.9 Å². The summed E-state index contributed by atoms with van der Waals surface area (Å²) in [7, 11) is 0. The lowest BCUT2D eigenvalue weighted by atomic mass is 10.1. The third-order valence-electron chi connectivity index (χ3n) is 6.35. The van der Waals surface area contributed by atoms with Crippen molar-refractivity contribution < 1.29 is 24.0 Å². The summed E-state index contributed by atoms with van der Waals surface area (Å²) in [5.74, 6) is 1.53. The third-order valence-corrected chi connectivity index (χ3v) is 6.35. The molecule has 1 aliphatic heterocycles. The molecule has 1 saturated heterocycles. The number of nitro benzene ring substituents is 1. The number of unbranched alkanes of at least 4 members (excludes halogenated alkanes) is 4. The minimum Gasteiger partial charge on any atom is -0.457 e. The summed E-state index contributed by atoms with van der Waals surface area (Å²) in [5, 5.41) is 13.7. The Morgan fingerprint density at radius 1 is 1.20 bits per heavy atom. The maximum atomic E-state index is 13.0. The van der Waals surface area contributed by atoms with Crippen LogP contribution in [0.5, 0.6) is 0 Å². The van der Waals surface area contributed by atoms with E-state index in [1.165, 1.54) is 29.2 Å². The molecule has 0 bridgehead atoms. The molecule has 9 heteroatoms. The first-order valence-electron chi connectivity index (χ1n) is 12.0. The molecule has 186 valence electrons. The molecule has 1 heterocycles. The summed E-state index contributed by atoms with van der Waals surface area (Å²) >= 11 is 0. The van der Waals surface area contributed by atoms with Crippen LogP contribution in [0.25, 0.3) is 0 Å². The molecule has 0 radical (unpaired) electrons. The van der Waals surface area contributed by atoms with Gasteiger partial charge in [-0.2, -0.15) is 0 Å². The van der Waals surface area contributed by atoms with Crippen molar-refractivity contribution in [3.05, 3.63) is 52.6 Å². The predicted octanol–water partition coefficient (Wildman–Crippen LogP) is 3.39. The number of nitrogens with one attached hydrogen (secondary N) is 1. The Hall–Kier alpha value is -3.67. The van der Waals surface area contributed by atoms with E-state index in [2.05, 4.69) is 17.8 Å². The lowest BCUT2D eigenvalue weighted by molar-refractivity contribution is -0.384. The molecule has 1 aromatic carbocycles. The first-order chi connectivity index (χ1) is 16.8. The Morgan fingerprint density at radius 3 is 2.54 bits per heavy atom. The van der Waals surface area contributed by atoms with Crippen LogP contribution in [0.1, 0.15) is 61.7 Å². The van der Waals surface area contributed by atoms with Crippen molar-refractivity contribution in [3.8, 4) is 12.3 Å². The standard InChI is InChI=1S/C26H31N3O6/c1-3-5-6-7-8-9-10-24(30)28-17-21(16-23(28)25(31)27-22-15-18(22)4-2)35-26(32)19-11-13-20(14-12-19)29(33)34/h2-3,11-14,18,21-23H,1,5-10,15-17H2,(H,27,31)/t18-,21-,22-,23?/m1/s1. The van der Waals surface area contributed by atoms with Crippen molar-refractivity contribution in [2.24, 2.45) is 5.92 Å². The molecule has 35 heavy (non-hydrogen) atoms. The van der Waals surface area contributed by atoms with Gasteiger partial charge in [-0.15, -0.1) is 18.9 Å². The summed E-state index contributed by atoms with van der Waals surface area (Å²) in [4.78, 5) is 50.2. The van der Waals surface area contributed by atoms with E-state index >= 15 is 0 Å². The number of amides is 2. The topological polar surface area (TPSA) is 119 Å². The maximum absolute atomic E-state index is 13.0. The van der Waals surface area contributed by atoms with Crippen LogP contribution in [0.3, 0.4) is 0 Å². The molecule has 1 unspecified atom stereocenters. The van der Waals surface area contributed by atoms with Gasteiger partial charge in [0.15, 0.2) is 0 Å². The number of rotatable bonds is 12. The van der Waals surface area contributed by atoms with E-state index in [0.29, 0.717) is 12.8 Å². The fourth-order valence-electron chi connectivity index (χ4n) is 4.23. The Kier molecular flexibility index (Phi) is 9.01. The molecule has 1 aliphatic carbocycles. The number of carbonyl (C=O) groups is 3. The van der Waals surface area contributed by atoms with Crippen molar-refractivity contribution in [3.63, 3.8) is 0 Å². The van der Waals surface area contributed by atoms with E-state index in [9.17, 15) is 24.5 Å². The van der Waals surface area contributed by atoms with Crippen LogP contribution in [-0.2, 0) is 14.3 Å². The van der Waals surface area contributed by atoms with Crippen molar-refractivity contribution >= 4 is 23.5 Å². The van der Waals surface area contributed by atoms with Crippen LogP contribution in [-0.4, -0.2) is 52.3 Å². The number of esters is 1. The van der Waals surface area contributed by atoms with Gasteiger partial charge in [0.2, 0.25) is 11.8 Å². The average Bonchev–Trinajstić information content (AvgIpc) is 3.46.